The molecular formula is C5H12N2S. The smallest absolute Gasteiger partial charge is 0.0582 e. The molecular weight excluding hydrogens is 120 g/mol. The number of hydrogen-bond donors (Lipinski definition) is 1. The quantitative estimate of drug-likeness (QED) is 0.357. The van der Waals surface area contributed by atoms with Crippen LogP contribution in [0, 0.1) is 0 Å². The Kier molecular flexibility index (Phi) is 6.96. The Balaban J connectivity index is 2.72. The van der Waals surface area contributed by atoms with Crippen LogP contribution in [0.1, 0.15) is 20.3 Å². The predicted molar refractivity (Wildman–Crippen MR) is 40.1 cm³/mol. The van der Waals surface area contributed by atoms with Crippen molar-refractivity contribution in [3.8, 4) is 0 Å². The molecule has 1 N–H and O–H groups in total. The van der Waals surface area contributed by atoms with Crippen molar-refractivity contribution in [1.82, 2.24) is 4.72 Å². The first kappa shape index (κ1) is 7.98. The first-order valence-corrected chi connectivity index (χ1v) is 3.56. The van der Waals surface area contributed by atoms with Gasteiger partial charge < -0.3 is 0 Å². The van der Waals surface area contributed by atoms with Gasteiger partial charge in [0.1, 0.15) is 0 Å². The normalized spacial score (nSPS) is 10.8. The lowest BCUT2D eigenvalue weighted by Crippen LogP contribution is -2.01. The fourth-order valence-electron chi connectivity index (χ4n) is 0.238. The standard InChI is InChI=1S/C5H12N2S/c1-3-5-7-8-6-4-2/h4,7H,3,5H2,1-2H3. The van der Waals surface area contributed by atoms with Crippen molar-refractivity contribution in [2.24, 2.45) is 4.40 Å². The van der Waals surface area contributed by atoms with Gasteiger partial charge in [0.05, 0.1) is 12.1 Å². The molecule has 0 unspecified atom stereocenters. The monoisotopic (exact) mass is 132 g/mol. The van der Waals surface area contributed by atoms with Crippen LogP contribution < -0.4 is 4.72 Å². The number of nitrogens with one attached hydrogen (secondary N) is 1. The van der Waals surface area contributed by atoms with Gasteiger partial charge in [-0.2, -0.15) is 0 Å². The maximum absolute atomic E-state index is 3.89. The van der Waals surface area contributed by atoms with Crippen molar-refractivity contribution in [2.75, 3.05) is 6.54 Å². The second-order valence-corrected chi connectivity index (χ2v) is 2.03. The van der Waals surface area contributed by atoms with E-state index in [-0.39, 0.29) is 0 Å². The van der Waals surface area contributed by atoms with E-state index in [0.29, 0.717) is 0 Å². The van der Waals surface area contributed by atoms with Gasteiger partial charge in [0.25, 0.3) is 0 Å². The summed E-state index contributed by atoms with van der Waals surface area (Å²) in [5.74, 6) is 0. The van der Waals surface area contributed by atoms with Crippen LogP contribution in [0.4, 0.5) is 0 Å². The molecule has 8 heavy (non-hydrogen) atoms. The second-order valence-electron chi connectivity index (χ2n) is 1.35. The second kappa shape index (κ2) is 6.98. The summed E-state index contributed by atoms with van der Waals surface area (Å²) in [4.78, 5) is 0. The van der Waals surface area contributed by atoms with Crippen LogP contribution in [0.3, 0.4) is 0 Å². The van der Waals surface area contributed by atoms with Gasteiger partial charge in [-0.25, -0.2) is 9.12 Å². The van der Waals surface area contributed by atoms with Crippen LogP contribution in [-0.4, -0.2) is 12.8 Å². The van der Waals surface area contributed by atoms with Crippen LogP contribution in [0.15, 0.2) is 4.40 Å². The third-order valence-corrected chi connectivity index (χ3v) is 1.22. The van der Waals surface area contributed by atoms with E-state index in [9.17, 15) is 0 Å². The Morgan fingerprint density at radius 2 is 2.50 bits per heavy atom. The predicted octanol–water partition coefficient (Wildman–Crippen LogP) is 1.64. The summed E-state index contributed by atoms with van der Waals surface area (Å²) >= 11 is 1.40. The Morgan fingerprint density at radius 3 is 3.00 bits per heavy atom. The van der Waals surface area contributed by atoms with Crippen LogP contribution in [-0.2, 0) is 0 Å². The van der Waals surface area contributed by atoms with E-state index in [4.69, 9.17) is 0 Å². The number of rotatable bonds is 4. The lowest BCUT2D eigenvalue weighted by atomic mass is 10.5. The molecule has 0 aliphatic rings. The lowest BCUT2D eigenvalue weighted by Gasteiger charge is -1.91. The Hall–Kier alpha value is -0.0200. The van der Waals surface area contributed by atoms with Crippen molar-refractivity contribution in [3.05, 3.63) is 0 Å². The van der Waals surface area contributed by atoms with Crippen molar-refractivity contribution in [1.29, 1.82) is 0 Å². The van der Waals surface area contributed by atoms with Gasteiger partial charge in [-0.15, -0.1) is 0 Å². The van der Waals surface area contributed by atoms with Gasteiger partial charge in [0, 0.05) is 12.8 Å². The van der Waals surface area contributed by atoms with Crippen LogP contribution in [0.5, 0.6) is 0 Å². The maximum atomic E-state index is 3.89. The largest absolute Gasteiger partial charge is 0.244 e. The van der Waals surface area contributed by atoms with Crippen molar-refractivity contribution in [2.45, 2.75) is 20.3 Å². The molecule has 0 aromatic carbocycles. The average molecular weight is 132 g/mol. The molecule has 0 fully saturated rings. The molecule has 2 nitrogen and oxygen atoms in total. The summed E-state index contributed by atoms with van der Waals surface area (Å²) in [5, 5.41) is 0. The highest BCUT2D eigenvalue weighted by molar-refractivity contribution is 7.96. The number of hydrogen-bond acceptors (Lipinski definition) is 3. The average Bonchev–Trinajstić information content (AvgIpc) is 1.81. The molecule has 0 saturated carbocycles. The molecule has 0 rings (SSSR count). The molecule has 0 heterocycles. The molecule has 0 radical (unpaired) electrons. The highest BCUT2D eigenvalue weighted by Crippen LogP contribution is 1.91. The van der Waals surface area contributed by atoms with E-state index in [0.717, 1.165) is 13.0 Å². The van der Waals surface area contributed by atoms with Gasteiger partial charge in [0.2, 0.25) is 0 Å². The molecule has 0 amide bonds. The highest BCUT2D eigenvalue weighted by Gasteiger charge is 1.76. The minimum absolute atomic E-state index is 1.03. The van der Waals surface area contributed by atoms with E-state index < -0.39 is 0 Å². The fraction of sp³-hybridized carbons (Fsp3) is 0.800. The van der Waals surface area contributed by atoms with Gasteiger partial charge >= 0.3 is 0 Å². The fourth-order valence-corrected chi connectivity index (χ4v) is 0.713. The zero-order valence-corrected chi connectivity index (χ0v) is 6.16. The minimum Gasteiger partial charge on any atom is -0.244 e. The Morgan fingerprint density at radius 1 is 1.75 bits per heavy atom. The molecule has 0 aromatic heterocycles. The third kappa shape index (κ3) is 5.98. The van der Waals surface area contributed by atoms with Crippen LogP contribution >= 0.6 is 12.1 Å². The maximum Gasteiger partial charge on any atom is 0.0582 e. The van der Waals surface area contributed by atoms with E-state index in [1.165, 1.54) is 12.1 Å². The van der Waals surface area contributed by atoms with Gasteiger partial charge in [0.15, 0.2) is 0 Å². The lowest BCUT2D eigenvalue weighted by molar-refractivity contribution is 0.878. The first-order valence-electron chi connectivity index (χ1n) is 2.78. The molecule has 0 saturated heterocycles. The SMILES string of the molecule is CC=NSNCCC. The first-order chi connectivity index (χ1) is 3.91. The van der Waals surface area contributed by atoms with Crippen molar-refractivity contribution in [3.63, 3.8) is 0 Å². The Labute approximate surface area is 55.0 Å². The van der Waals surface area contributed by atoms with Crippen molar-refractivity contribution >= 4 is 18.3 Å². The summed E-state index contributed by atoms with van der Waals surface area (Å²) in [6.07, 6.45) is 2.93. The van der Waals surface area contributed by atoms with E-state index in [2.05, 4.69) is 16.0 Å². The molecule has 48 valence electrons. The summed E-state index contributed by atoms with van der Waals surface area (Å²) in [7, 11) is 0. The molecule has 0 aromatic rings. The summed E-state index contributed by atoms with van der Waals surface area (Å²) in [6, 6.07) is 0. The summed E-state index contributed by atoms with van der Waals surface area (Å²) in [5.41, 5.74) is 0. The van der Waals surface area contributed by atoms with Crippen LogP contribution in [0.25, 0.3) is 0 Å². The van der Waals surface area contributed by atoms with Crippen LogP contribution in [0.2, 0.25) is 0 Å². The molecule has 0 aliphatic carbocycles. The van der Waals surface area contributed by atoms with Crippen molar-refractivity contribution < 1.29 is 0 Å². The molecule has 0 bridgehead atoms. The van der Waals surface area contributed by atoms with E-state index >= 15 is 0 Å². The summed E-state index contributed by atoms with van der Waals surface area (Å²) < 4.78 is 6.94. The molecule has 0 spiro atoms. The van der Waals surface area contributed by atoms with Gasteiger partial charge in [-0.1, -0.05) is 6.92 Å². The topological polar surface area (TPSA) is 24.4 Å². The third-order valence-electron chi connectivity index (χ3n) is 0.575. The Bertz CT molecular complexity index is 63.4. The molecule has 0 atom stereocenters. The molecule has 3 heteroatoms. The highest BCUT2D eigenvalue weighted by atomic mass is 32.2. The number of nitrogens with zero attached hydrogens (tertiary/aromatic N) is 1. The zero-order valence-electron chi connectivity index (χ0n) is 5.35. The van der Waals surface area contributed by atoms with E-state index in [1.807, 2.05) is 6.92 Å². The minimum atomic E-state index is 1.03. The summed E-state index contributed by atoms with van der Waals surface area (Å²) in [6.45, 7) is 5.06. The molecule has 0 aliphatic heterocycles. The van der Waals surface area contributed by atoms with Gasteiger partial charge in [-0.3, -0.25) is 0 Å². The van der Waals surface area contributed by atoms with E-state index in [1.54, 1.807) is 6.21 Å². The zero-order chi connectivity index (χ0) is 6.24. The van der Waals surface area contributed by atoms with Gasteiger partial charge in [-0.05, 0) is 13.3 Å².